The molecule has 8 nitrogen and oxygen atoms in total. The number of ether oxygens (including phenoxy) is 2. The molecule has 0 unspecified atom stereocenters. The van der Waals surface area contributed by atoms with Crippen molar-refractivity contribution in [3.63, 3.8) is 0 Å². The predicted octanol–water partition coefficient (Wildman–Crippen LogP) is 1.22. The van der Waals surface area contributed by atoms with Gasteiger partial charge in [-0.3, -0.25) is 14.3 Å². The minimum absolute atomic E-state index is 0.0254. The molecular formula is C18H27N3O5. The Hall–Kier alpha value is -1.93. The van der Waals surface area contributed by atoms with Gasteiger partial charge in [-0.05, 0) is 31.7 Å². The molecule has 0 saturated carbocycles. The second kappa shape index (κ2) is 9.14. The number of nitrogens with zero attached hydrogens (tertiary/aromatic N) is 3. The Morgan fingerprint density at radius 2 is 2.19 bits per heavy atom. The van der Waals surface area contributed by atoms with Crippen molar-refractivity contribution in [1.82, 2.24) is 14.7 Å². The van der Waals surface area contributed by atoms with Crippen LogP contribution in [0.3, 0.4) is 0 Å². The highest BCUT2D eigenvalue weighted by atomic mass is 16.5. The number of carbonyl (C=O) groups excluding carboxylic acids is 1. The van der Waals surface area contributed by atoms with E-state index in [9.17, 15) is 9.59 Å². The van der Waals surface area contributed by atoms with Crippen LogP contribution >= 0.6 is 0 Å². The van der Waals surface area contributed by atoms with Gasteiger partial charge in [0.15, 0.2) is 0 Å². The Labute approximate surface area is 153 Å². The first-order chi connectivity index (χ1) is 12.6. The average molecular weight is 365 g/mol. The molecule has 26 heavy (non-hydrogen) atoms. The number of aryl methyl sites for hydroxylation is 2. The molecule has 1 saturated heterocycles. The number of fused-ring (bicyclic) bond motifs is 1. The molecule has 3 heterocycles. The fourth-order valence-electron chi connectivity index (χ4n) is 3.40. The van der Waals surface area contributed by atoms with Crippen LogP contribution in [-0.4, -0.2) is 64.1 Å². The van der Waals surface area contributed by atoms with E-state index in [0.29, 0.717) is 26.1 Å². The van der Waals surface area contributed by atoms with Crippen LogP contribution in [0.25, 0.3) is 0 Å². The molecular weight excluding hydrogens is 338 g/mol. The van der Waals surface area contributed by atoms with Crippen molar-refractivity contribution in [1.29, 1.82) is 0 Å². The number of carbonyl (C=O) groups is 2. The van der Waals surface area contributed by atoms with Crippen LogP contribution in [0.5, 0.6) is 0 Å². The molecule has 1 aromatic rings. The third kappa shape index (κ3) is 5.28. The number of carboxylic acids is 1. The van der Waals surface area contributed by atoms with Crippen LogP contribution in [0.15, 0.2) is 6.07 Å². The van der Waals surface area contributed by atoms with Crippen molar-refractivity contribution in [2.75, 3.05) is 26.4 Å². The van der Waals surface area contributed by atoms with Crippen LogP contribution in [0.2, 0.25) is 0 Å². The Kier molecular flexibility index (Phi) is 6.62. The van der Waals surface area contributed by atoms with E-state index in [0.717, 1.165) is 50.2 Å². The standard InChI is InChI=1S/C18H27N3O5/c22-17(13-25-12-16-4-1-2-9-26-16)20-7-3-8-21-15(11-20)10-14(19-21)5-6-18(23)24/h10,16H,1-9,11-13H2,(H,23,24)/t16-/m1/s1. The molecule has 1 amide bonds. The van der Waals surface area contributed by atoms with Gasteiger partial charge in [0, 0.05) is 26.1 Å². The van der Waals surface area contributed by atoms with Gasteiger partial charge in [-0.2, -0.15) is 5.10 Å². The minimum atomic E-state index is -0.830. The zero-order valence-electron chi connectivity index (χ0n) is 15.1. The summed E-state index contributed by atoms with van der Waals surface area (Å²) in [6, 6.07) is 1.91. The number of aromatic nitrogens is 2. The summed E-state index contributed by atoms with van der Waals surface area (Å²) in [6.45, 7) is 3.22. The first-order valence-corrected chi connectivity index (χ1v) is 9.36. The van der Waals surface area contributed by atoms with Crippen molar-refractivity contribution in [2.45, 2.75) is 57.7 Å². The van der Waals surface area contributed by atoms with E-state index in [1.165, 1.54) is 0 Å². The fourth-order valence-corrected chi connectivity index (χ4v) is 3.40. The van der Waals surface area contributed by atoms with Gasteiger partial charge < -0.3 is 19.5 Å². The summed E-state index contributed by atoms with van der Waals surface area (Å²) >= 11 is 0. The van der Waals surface area contributed by atoms with Crippen LogP contribution in [0.1, 0.15) is 43.5 Å². The lowest BCUT2D eigenvalue weighted by molar-refractivity contribution is -0.139. The first-order valence-electron chi connectivity index (χ1n) is 9.36. The van der Waals surface area contributed by atoms with Crippen molar-refractivity contribution < 1.29 is 24.2 Å². The predicted molar refractivity (Wildman–Crippen MR) is 92.6 cm³/mol. The maximum Gasteiger partial charge on any atom is 0.303 e. The first kappa shape index (κ1) is 18.8. The van der Waals surface area contributed by atoms with Crippen LogP contribution in [0, 0.1) is 0 Å². The summed E-state index contributed by atoms with van der Waals surface area (Å²) < 4.78 is 13.1. The van der Waals surface area contributed by atoms with Crippen molar-refractivity contribution in [2.24, 2.45) is 0 Å². The lowest BCUT2D eigenvalue weighted by atomic mass is 10.1. The molecule has 1 fully saturated rings. The Balaban J connectivity index is 1.49. The number of amides is 1. The molecule has 1 atom stereocenters. The summed E-state index contributed by atoms with van der Waals surface area (Å²) in [5.74, 6) is -0.855. The highest BCUT2D eigenvalue weighted by Crippen LogP contribution is 2.16. The minimum Gasteiger partial charge on any atom is -0.481 e. The SMILES string of the molecule is O=C(O)CCc1cc2n(n1)CCCN(C(=O)COC[C@H]1CCCCO1)C2. The maximum atomic E-state index is 12.5. The summed E-state index contributed by atoms with van der Waals surface area (Å²) in [4.78, 5) is 25.0. The molecule has 1 N–H and O–H groups in total. The molecule has 0 spiro atoms. The topological polar surface area (TPSA) is 93.9 Å². The lowest BCUT2D eigenvalue weighted by Gasteiger charge is -2.23. The summed E-state index contributed by atoms with van der Waals surface area (Å²) in [7, 11) is 0. The van der Waals surface area contributed by atoms with Crippen LogP contribution in [0.4, 0.5) is 0 Å². The zero-order chi connectivity index (χ0) is 18.4. The highest BCUT2D eigenvalue weighted by Gasteiger charge is 2.22. The Morgan fingerprint density at radius 3 is 2.96 bits per heavy atom. The van der Waals surface area contributed by atoms with Crippen LogP contribution in [-0.2, 0) is 38.6 Å². The second-order valence-electron chi connectivity index (χ2n) is 6.92. The molecule has 8 heteroatoms. The van der Waals surface area contributed by atoms with Gasteiger partial charge in [-0.25, -0.2) is 0 Å². The number of hydrogen-bond donors (Lipinski definition) is 1. The van der Waals surface area contributed by atoms with E-state index in [1.54, 1.807) is 4.90 Å². The highest BCUT2D eigenvalue weighted by molar-refractivity contribution is 5.77. The Bertz CT molecular complexity index is 624. The summed E-state index contributed by atoms with van der Waals surface area (Å²) in [6.07, 6.45) is 4.66. The normalized spacial score (nSPS) is 20.5. The molecule has 2 aliphatic rings. The van der Waals surface area contributed by atoms with Gasteiger partial charge in [0.05, 0.1) is 37.1 Å². The fraction of sp³-hybridized carbons (Fsp3) is 0.722. The second-order valence-corrected chi connectivity index (χ2v) is 6.92. The smallest absolute Gasteiger partial charge is 0.303 e. The average Bonchev–Trinajstić information content (AvgIpc) is 2.91. The molecule has 0 radical (unpaired) electrons. The third-order valence-electron chi connectivity index (χ3n) is 4.82. The molecule has 144 valence electrons. The van der Waals surface area contributed by atoms with E-state index in [2.05, 4.69) is 5.10 Å². The number of hydrogen-bond acceptors (Lipinski definition) is 5. The molecule has 1 aromatic heterocycles. The van der Waals surface area contributed by atoms with Gasteiger partial charge in [-0.15, -0.1) is 0 Å². The largest absolute Gasteiger partial charge is 0.481 e. The molecule has 3 rings (SSSR count). The lowest BCUT2D eigenvalue weighted by Crippen LogP contribution is -2.35. The summed E-state index contributed by atoms with van der Waals surface area (Å²) in [5, 5.41) is 13.3. The molecule has 2 aliphatic heterocycles. The molecule has 0 bridgehead atoms. The molecule has 0 aliphatic carbocycles. The van der Waals surface area contributed by atoms with Gasteiger partial charge in [0.2, 0.25) is 5.91 Å². The quantitative estimate of drug-likeness (QED) is 0.781. The number of carboxylic acid groups (broad SMARTS) is 1. The van der Waals surface area contributed by atoms with E-state index in [1.807, 2.05) is 10.7 Å². The van der Waals surface area contributed by atoms with E-state index < -0.39 is 5.97 Å². The van der Waals surface area contributed by atoms with Gasteiger partial charge in [-0.1, -0.05) is 0 Å². The number of rotatable bonds is 7. The Morgan fingerprint density at radius 1 is 1.31 bits per heavy atom. The van der Waals surface area contributed by atoms with Crippen molar-refractivity contribution in [3.8, 4) is 0 Å². The van der Waals surface area contributed by atoms with Gasteiger partial charge >= 0.3 is 5.97 Å². The molecule has 0 aromatic carbocycles. The van der Waals surface area contributed by atoms with Crippen molar-refractivity contribution >= 4 is 11.9 Å². The zero-order valence-corrected chi connectivity index (χ0v) is 15.1. The van der Waals surface area contributed by atoms with E-state index in [-0.39, 0.29) is 25.0 Å². The van der Waals surface area contributed by atoms with Crippen LogP contribution < -0.4 is 0 Å². The summed E-state index contributed by atoms with van der Waals surface area (Å²) in [5.41, 5.74) is 1.72. The van der Waals surface area contributed by atoms with Crippen molar-refractivity contribution in [3.05, 3.63) is 17.5 Å². The maximum absolute atomic E-state index is 12.5. The van der Waals surface area contributed by atoms with Gasteiger partial charge in [0.1, 0.15) is 6.61 Å². The number of aliphatic carboxylic acids is 1. The van der Waals surface area contributed by atoms with E-state index >= 15 is 0 Å². The monoisotopic (exact) mass is 365 g/mol. The van der Waals surface area contributed by atoms with E-state index in [4.69, 9.17) is 14.6 Å². The third-order valence-corrected chi connectivity index (χ3v) is 4.82. The van der Waals surface area contributed by atoms with Gasteiger partial charge in [0.25, 0.3) is 0 Å².